The molecule has 2 aliphatic heterocycles. The Hall–Kier alpha value is -0.590. The van der Waals surface area contributed by atoms with Gasteiger partial charge in [-0.05, 0) is 38.9 Å². The summed E-state index contributed by atoms with van der Waals surface area (Å²) in [4.78, 5) is 5.07. The normalized spacial score (nSPS) is 29.5. The predicted molar refractivity (Wildman–Crippen MR) is 55.9 cm³/mol. The van der Waals surface area contributed by atoms with Crippen molar-refractivity contribution in [2.24, 2.45) is 0 Å². The van der Waals surface area contributed by atoms with Crippen molar-refractivity contribution in [2.45, 2.75) is 31.7 Å². The van der Waals surface area contributed by atoms with E-state index in [2.05, 4.69) is 15.9 Å². The van der Waals surface area contributed by atoms with E-state index >= 15 is 0 Å². The van der Waals surface area contributed by atoms with E-state index in [0.29, 0.717) is 6.42 Å². The van der Waals surface area contributed by atoms with Gasteiger partial charge in [0, 0.05) is 25.6 Å². The van der Waals surface area contributed by atoms with Gasteiger partial charge in [0.2, 0.25) is 0 Å². The molecule has 0 saturated carbocycles. The van der Waals surface area contributed by atoms with Crippen molar-refractivity contribution in [1.29, 1.82) is 5.26 Å². The van der Waals surface area contributed by atoms with Crippen LogP contribution in [0.25, 0.3) is 0 Å². The molecule has 2 heterocycles. The Labute approximate surface area is 86.3 Å². The maximum atomic E-state index is 8.52. The lowest BCUT2D eigenvalue weighted by atomic mass is 10.2. The summed E-state index contributed by atoms with van der Waals surface area (Å²) in [5.41, 5.74) is 0. The SMILES string of the molecule is N#CCCN1CCC(N2CCCC2)C1. The lowest BCUT2D eigenvalue weighted by Gasteiger charge is -2.23. The number of hydrogen-bond donors (Lipinski definition) is 0. The number of likely N-dealkylation sites (tertiary alicyclic amines) is 2. The Morgan fingerprint density at radius 2 is 2.00 bits per heavy atom. The Morgan fingerprint density at radius 3 is 2.71 bits per heavy atom. The van der Waals surface area contributed by atoms with Crippen molar-refractivity contribution in [3.8, 4) is 6.07 Å². The summed E-state index contributed by atoms with van der Waals surface area (Å²) in [5, 5.41) is 8.52. The van der Waals surface area contributed by atoms with Crippen molar-refractivity contribution in [1.82, 2.24) is 9.80 Å². The van der Waals surface area contributed by atoms with Crippen LogP contribution in [-0.4, -0.2) is 48.6 Å². The molecule has 0 aromatic rings. The van der Waals surface area contributed by atoms with Crippen molar-refractivity contribution in [3.05, 3.63) is 0 Å². The highest BCUT2D eigenvalue weighted by atomic mass is 15.3. The highest BCUT2D eigenvalue weighted by Crippen LogP contribution is 2.20. The van der Waals surface area contributed by atoms with Crippen molar-refractivity contribution in [2.75, 3.05) is 32.7 Å². The highest BCUT2D eigenvalue weighted by molar-refractivity contribution is 4.86. The average Bonchev–Trinajstić information content (AvgIpc) is 2.85. The zero-order chi connectivity index (χ0) is 9.80. The first-order valence-corrected chi connectivity index (χ1v) is 5.73. The summed E-state index contributed by atoms with van der Waals surface area (Å²) < 4.78 is 0. The summed E-state index contributed by atoms with van der Waals surface area (Å²) in [6, 6.07) is 3.01. The molecular formula is C11H19N3. The van der Waals surface area contributed by atoms with Gasteiger partial charge in [0.05, 0.1) is 6.07 Å². The van der Waals surface area contributed by atoms with Gasteiger partial charge >= 0.3 is 0 Å². The van der Waals surface area contributed by atoms with E-state index in [1.54, 1.807) is 0 Å². The Kier molecular flexibility index (Phi) is 3.39. The van der Waals surface area contributed by atoms with Gasteiger partial charge in [-0.25, -0.2) is 0 Å². The van der Waals surface area contributed by atoms with E-state index in [0.717, 1.165) is 12.6 Å². The van der Waals surface area contributed by atoms with Gasteiger partial charge in [-0.1, -0.05) is 0 Å². The van der Waals surface area contributed by atoms with Gasteiger partial charge < -0.3 is 4.90 Å². The lowest BCUT2D eigenvalue weighted by molar-refractivity contribution is 0.233. The first-order valence-electron chi connectivity index (χ1n) is 5.73. The van der Waals surface area contributed by atoms with Crippen LogP contribution in [0.2, 0.25) is 0 Å². The molecule has 0 aromatic carbocycles. The molecule has 0 aromatic heterocycles. The van der Waals surface area contributed by atoms with E-state index in [4.69, 9.17) is 5.26 Å². The van der Waals surface area contributed by atoms with E-state index in [1.165, 1.54) is 45.4 Å². The number of nitriles is 1. The van der Waals surface area contributed by atoms with Gasteiger partial charge in [-0.2, -0.15) is 5.26 Å². The second-order valence-corrected chi connectivity index (χ2v) is 4.39. The molecule has 1 atom stereocenters. The fourth-order valence-corrected chi connectivity index (χ4v) is 2.63. The van der Waals surface area contributed by atoms with E-state index in [-0.39, 0.29) is 0 Å². The van der Waals surface area contributed by atoms with Crippen LogP contribution in [0.1, 0.15) is 25.7 Å². The van der Waals surface area contributed by atoms with Crippen molar-refractivity contribution < 1.29 is 0 Å². The maximum absolute atomic E-state index is 8.52. The molecule has 1 unspecified atom stereocenters. The molecular weight excluding hydrogens is 174 g/mol. The second kappa shape index (κ2) is 4.77. The number of nitrogens with zero attached hydrogens (tertiary/aromatic N) is 3. The zero-order valence-electron chi connectivity index (χ0n) is 8.78. The molecule has 2 saturated heterocycles. The van der Waals surface area contributed by atoms with Gasteiger partial charge in [-0.3, -0.25) is 4.90 Å². The first kappa shape index (κ1) is 9.95. The first-order chi connectivity index (χ1) is 6.90. The molecule has 2 aliphatic rings. The number of hydrogen-bond acceptors (Lipinski definition) is 3. The summed E-state index contributed by atoms with van der Waals surface area (Å²) in [7, 11) is 0. The predicted octanol–water partition coefficient (Wildman–Crippen LogP) is 1.07. The summed E-state index contributed by atoms with van der Waals surface area (Å²) >= 11 is 0. The third kappa shape index (κ3) is 2.26. The molecule has 0 aliphatic carbocycles. The van der Waals surface area contributed by atoms with Gasteiger partial charge in [0.25, 0.3) is 0 Å². The largest absolute Gasteiger partial charge is 0.301 e. The molecule has 14 heavy (non-hydrogen) atoms. The van der Waals surface area contributed by atoms with Crippen LogP contribution in [0.3, 0.4) is 0 Å². The van der Waals surface area contributed by atoms with Crippen LogP contribution in [0.4, 0.5) is 0 Å². The molecule has 3 heteroatoms. The summed E-state index contributed by atoms with van der Waals surface area (Å²) in [6.07, 6.45) is 4.77. The van der Waals surface area contributed by atoms with Gasteiger partial charge in [0.1, 0.15) is 0 Å². The fourth-order valence-electron chi connectivity index (χ4n) is 2.63. The Balaban J connectivity index is 1.74. The van der Waals surface area contributed by atoms with E-state index in [1.807, 2.05) is 0 Å². The highest BCUT2D eigenvalue weighted by Gasteiger charge is 2.28. The minimum absolute atomic E-state index is 0.687. The van der Waals surface area contributed by atoms with Crippen LogP contribution < -0.4 is 0 Å². The third-order valence-electron chi connectivity index (χ3n) is 3.44. The lowest BCUT2D eigenvalue weighted by Crippen LogP contribution is -2.35. The third-order valence-corrected chi connectivity index (χ3v) is 3.44. The molecule has 3 nitrogen and oxygen atoms in total. The quantitative estimate of drug-likeness (QED) is 0.671. The molecule has 2 rings (SSSR count). The van der Waals surface area contributed by atoms with Gasteiger partial charge in [0.15, 0.2) is 0 Å². The summed E-state index contributed by atoms with van der Waals surface area (Å²) in [6.45, 7) is 5.97. The van der Waals surface area contributed by atoms with E-state index in [9.17, 15) is 0 Å². The monoisotopic (exact) mass is 193 g/mol. The molecule has 0 amide bonds. The summed E-state index contributed by atoms with van der Waals surface area (Å²) in [5.74, 6) is 0. The topological polar surface area (TPSA) is 30.3 Å². The van der Waals surface area contributed by atoms with Crippen molar-refractivity contribution in [3.63, 3.8) is 0 Å². The number of rotatable bonds is 3. The van der Waals surface area contributed by atoms with Crippen LogP contribution in [0.5, 0.6) is 0 Å². The second-order valence-electron chi connectivity index (χ2n) is 4.39. The Morgan fingerprint density at radius 1 is 1.21 bits per heavy atom. The smallest absolute Gasteiger partial charge is 0.0635 e. The fraction of sp³-hybridized carbons (Fsp3) is 0.909. The molecule has 0 radical (unpaired) electrons. The Bertz CT molecular complexity index is 215. The maximum Gasteiger partial charge on any atom is 0.0635 e. The minimum atomic E-state index is 0.687. The molecule has 0 N–H and O–H groups in total. The van der Waals surface area contributed by atoms with Crippen LogP contribution >= 0.6 is 0 Å². The minimum Gasteiger partial charge on any atom is -0.301 e. The van der Waals surface area contributed by atoms with Crippen LogP contribution in [-0.2, 0) is 0 Å². The van der Waals surface area contributed by atoms with Crippen LogP contribution in [0, 0.1) is 11.3 Å². The standard InChI is InChI=1S/C11H19N3/c12-5-3-6-13-9-4-11(10-13)14-7-1-2-8-14/h11H,1-4,6-10H2. The van der Waals surface area contributed by atoms with Crippen molar-refractivity contribution >= 4 is 0 Å². The zero-order valence-corrected chi connectivity index (χ0v) is 8.78. The average molecular weight is 193 g/mol. The molecule has 0 spiro atoms. The molecule has 78 valence electrons. The molecule has 0 bridgehead atoms. The molecule has 2 fully saturated rings. The van der Waals surface area contributed by atoms with E-state index < -0.39 is 0 Å². The van der Waals surface area contributed by atoms with Crippen LogP contribution in [0.15, 0.2) is 0 Å². The van der Waals surface area contributed by atoms with Gasteiger partial charge in [-0.15, -0.1) is 0 Å².